The second kappa shape index (κ2) is 8.56. The number of hydrogen-bond donors (Lipinski definition) is 2. The summed E-state index contributed by atoms with van der Waals surface area (Å²) >= 11 is 6.17. The number of quaternary nitrogens is 1. The summed E-state index contributed by atoms with van der Waals surface area (Å²) in [7, 11) is 0. The summed E-state index contributed by atoms with van der Waals surface area (Å²) in [6.45, 7) is 8.51. The van der Waals surface area contributed by atoms with E-state index in [9.17, 15) is 4.79 Å². The highest BCUT2D eigenvalue weighted by Crippen LogP contribution is 2.20. The van der Waals surface area contributed by atoms with Gasteiger partial charge >= 0.3 is 0 Å². The van der Waals surface area contributed by atoms with Gasteiger partial charge in [0.25, 0.3) is 0 Å². The van der Waals surface area contributed by atoms with Crippen LogP contribution in [0.15, 0.2) is 48.5 Å². The van der Waals surface area contributed by atoms with Crippen molar-refractivity contribution in [3.8, 4) is 0 Å². The van der Waals surface area contributed by atoms with Crippen LogP contribution in [-0.2, 0) is 11.3 Å². The van der Waals surface area contributed by atoms with Crippen molar-refractivity contribution in [2.75, 3.05) is 31.5 Å². The zero-order chi connectivity index (χ0) is 18.5. The van der Waals surface area contributed by atoms with E-state index in [1.54, 1.807) is 0 Å². The van der Waals surface area contributed by atoms with Crippen LogP contribution in [0, 0.1) is 6.92 Å². The average molecular weight is 373 g/mol. The normalized spacial score (nSPS) is 16.3. The van der Waals surface area contributed by atoms with Crippen molar-refractivity contribution in [2.45, 2.75) is 26.4 Å². The third kappa shape index (κ3) is 4.77. The van der Waals surface area contributed by atoms with E-state index < -0.39 is 0 Å². The molecule has 0 saturated carbocycles. The summed E-state index contributed by atoms with van der Waals surface area (Å²) < 4.78 is 0. The maximum atomic E-state index is 12.7. The second-order valence-corrected chi connectivity index (χ2v) is 7.47. The molecule has 0 bridgehead atoms. The predicted molar refractivity (Wildman–Crippen MR) is 107 cm³/mol. The number of benzene rings is 2. The minimum atomic E-state index is -0.260. The number of rotatable bonds is 5. The smallest absolute Gasteiger partial charge is 0.245 e. The maximum absolute atomic E-state index is 12.7. The molecule has 1 heterocycles. The number of nitrogens with one attached hydrogen (secondary N) is 2. The van der Waals surface area contributed by atoms with Crippen molar-refractivity contribution in [3.63, 3.8) is 0 Å². The molecule has 1 saturated heterocycles. The molecular formula is C21H27ClN3O+. The first-order chi connectivity index (χ1) is 12.5. The van der Waals surface area contributed by atoms with Crippen molar-refractivity contribution >= 4 is 23.2 Å². The third-order valence-corrected chi connectivity index (χ3v) is 5.41. The fraction of sp³-hybridized carbons (Fsp3) is 0.381. The number of halogens is 1. The molecule has 1 atom stereocenters. The lowest BCUT2D eigenvalue weighted by atomic mass is 10.1. The van der Waals surface area contributed by atoms with E-state index in [2.05, 4.69) is 29.6 Å². The molecule has 1 aliphatic rings. The minimum absolute atomic E-state index is 0.153. The number of aryl methyl sites for hydroxylation is 1. The zero-order valence-corrected chi connectivity index (χ0v) is 16.2. The van der Waals surface area contributed by atoms with Crippen LogP contribution in [0.1, 0.15) is 18.1 Å². The Morgan fingerprint density at radius 1 is 1.19 bits per heavy atom. The summed E-state index contributed by atoms with van der Waals surface area (Å²) in [5.41, 5.74) is 3.28. The standard InChI is InChI=1S/C21H26ClN3O/c1-16-8-9-19(14-20(16)22)23-17(2)21(26)25-12-10-24(11-13-25)15-18-6-4-3-5-7-18/h3-9,14,17,23H,10-13,15H2,1-2H3/p+1/t17-/m1/s1. The summed E-state index contributed by atoms with van der Waals surface area (Å²) in [4.78, 5) is 16.2. The van der Waals surface area contributed by atoms with Gasteiger partial charge < -0.3 is 15.1 Å². The van der Waals surface area contributed by atoms with Gasteiger partial charge in [-0.15, -0.1) is 0 Å². The van der Waals surface area contributed by atoms with E-state index in [1.807, 2.05) is 43.0 Å². The Balaban J connectivity index is 1.50. The molecule has 0 aliphatic carbocycles. The van der Waals surface area contributed by atoms with E-state index in [-0.39, 0.29) is 11.9 Å². The lowest BCUT2D eigenvalue weighted by Crippen LogP contribution is -3.13. The molecule has 4 nitrogen and oxygen atoms in total. The molecule has 2 N–H and O–H groups in total. The first kappa shape index (κ1) is 18.7. The largest absolute Gasteiger partial charge is 0.374 e. The van der Waals surface area contributed by atoms with Crippen molar-refractivity contribution in [3.05, 3.63) is 64.7 Å². The summed E-state index contributed by atoms with van der Waals surface area (Å²) in [5, 5.41) is 3.99. The van der Waals surface area contributed by atoms with Crippen molar-refractivity contribution in [1.82, 2.24) is 4.90 Å². The van der Waals surface area contributed by atoms with Crippen LogP contribution in [0.2, 0.25) is 5.02 Å². The van der Waals surface area contributed by atoms with Crippen molar-refractivity contribution in [2.24, 2.45) is 0 Å². The average Bonchev–Trinajstić information content (AvgIpc) is 2.65. The second-order valence-electron chi connectivity index (χ2n) is 7.07. The molecule has 2 aromatic rings. The van der Waals surface area contributed by atoms with Crippen LogP contribution < -0.4 is 10.2 Å². The molecule has 26 heavy (non-hydrogen) atoms. The first-order valence-electron chi connectivity index (χ1n) is 9.22. The number of carbonyl (C=O) groups is 1. The van der Waals surface area contributed by atoms with Gasteiger partial charge in [-0.2, -0.15) is 0 Å². The molecule has 1 amide bonds. The summed E-state index contributed by atoms with van der Waals surface area (Å²) in [5.74, 6) is 0.153. The number of anilines is 1. The number of carbonyl (C=O) groups excluding carboxylic acids is 1. The van der Waals surface area contributed by atoms with Gasteiger partial charge in [-0.05, 0) is 31.5 Å². The van der Waals surface area contributed by atoms with Crippen molar-refractivity contribution < 1.29 is 9.69 Å². The molecule has 1 fully saturated rings. The SMILES string of the molecule is Cc1ccc(N[C@H](C)C(=O)N2CC[NH+](Cc3ccccc3)CC2)cc1Cl. The fourth-order valence-electron chi connectivity index (χ4n) is 3.37. The number of piperazine rings is 1. The Hall–Kier alpha value is -2.04. The highest BCUT2D eigenvalue weighted by atomic mass is 35.5. The lowest BCUT2D eigenvalue weighted by Gasteiger charge is -2.34. The fourth-order valence-corrected chi connectivity index (χ4v) is 3.55. The Labute approximate surface area is 160 Å². The van der Waals surface area contributed by atoms with Gasteiger partial charge in [0, 0.05) is 16.3 Å². The molecule has 0 radical (unpaired) electrons. The van der Waals surface area contributed by atoms with Gasteiger partial charge in [-0.25, -0.2) is 0 Å². The number of hydrogen-bond acceptors (Lipinski definition) is 2. The molecule has 3 rings (SSSR count). The molecule has 0 aromatic heterocycles. The highest BCUT2D eigenvalue weighted by molar-refractivity contribution is 6.31. The van der Waals surface area contributed by atoms with Gasteiger partial charge in [0.1, 0.15) is 12.6 Å². The third-order valence-electron chi connectivity index (χ3n) is 5.00. The quantitative estimate of drug-likeness (QED) is 0.845. The topological polar surface area (TPSA) is 36.8 Å². The number of nitrogens with zero attached hydrogens (tertiary/aromatic N) is 1. The van der Waals surface area contributed by atoms with E-state index >= 15 is 0 Å². The van der Waals surface area contributed by atoms with E-state index in [1.165, 1.54) is 10.5 Å². The van der Waals surface area contributed by atoms with Crippen LogP contribution in [0.5, 0.6) is 0 Å². The van der Waals surface area contributed by atoms with E-state index in [0.717, 1.165) is 44.0 Å². The zero-order valence-electron chi connectivity index (χ0n) is 15.5. The Kier molecular flexibility index (Phi) is 6.17. The van der Waals surface area contributed by atoms with Gasteiger partial charge in [0.05, 0.1) is 26.2 Å². The number of amides is 1. The Morgan fingerprint density at radius 3 is 2.54 bits per heavy atom. The first-order valence-corrected chi connectivity index (χ1v) is 9.59. The molecule has 2 aromatic carbocycles. The van der Waals surface area contributed by atoms with Crippen LogP contribution >= 0.6 is 11.6 Å². The molecular weight excluding hydrogens is 346 g/mol. The summed E-state index contributed by atoms with van der Waals surface area (Å²) in [6, 6.07) is 16.1. The minimum Gasteiger partial charge on any atom is -0.374 e. The summed E-state index contributed by atoms with van der Waals surface area (Å²) in [6.07, 6.45) is 0. The van der Waals surface area contributed by atoms with Crippen LogP contribution in [0.4, 0.5) is 5.69 Å². The van der Waals surface area contributed by atoms with Gasteiger partial charge in [-0.3, -0.25) is 4.79 Å². The van der Waals surface area contributed by atoms with Crippen LogP contribution in [0.3, 0.4) is 0 Å². The molecule has 5 heteroatoms. The molecule has 0 unspecified atom stereocenters. The Bertz CT molecular complexity index is 742. The Morgan fingerprint density at radius 2 is 1.88 bits per heavy atom. The molecule has 0 spiro atoms. The molecule has 1 aliphatic heterocycles. The lowest BCUT2D eigenvalue weighted by molar-refractivity contribution is -0.917. The maximum Gasteiger partial charge on any atom is 0.245 e. The van der Waals surface area contributed by atoms with Gasteiger partial charge in [0.15, 0.2) is 0 Å². The van der Waals surface area contributed by atoms with Crippen LogP contribution in [-0.4, -0.2) is 43.0 Å². The van der Waals surface area contributed by atoms with E-state index in [4.69, 9.17) is 11.6 Å². The van der Waals surface area contributed by atoms with Gasteiger partial charge in [-0.1, -0.05) is 48.0 Å². The van der Waals surface area contributed by atoms with Crippen LogP contribution in [0.25, 0.3) is 0 Å². The van der Waals surface area contributed by atoms with Crippen molar-refractivity contribution in [1.29, 1.82) is 0 Å². The monoisotopic (exact) mass is 372 g/mol. The molecule has 138 valence electrons. The van der Waals surface area contributed by atoms with E-state index in [0.29, 0.717) is 5.02 Å². The van der Waals surface area contributed by atoms with Gasteiger partial charge in [0.2, 0.25) is 5.91 Å². The predicted octanol–water partition coefficient (Wildman–Crippen LogP) is 2.38. The highest BCUT2D eigenvalue weighted by Gasteiger charge is 2.26.